The first-order chi connectivity index (χ1) is 8.31. The zero-order valence-electron chi connectivity index (χ0n) is 9.87. The highest BCUT2D eigenvalue weighted by Crippen LogP contribution is 2.15. The number of aromatic nitrogens is 3. The Morgan fingerprint density at radius 3 is 2.82 bits per heavy atom. The second kappa shape index (κ2) is 5.56. The van der Waals surface area contributed by atoms with E-state index in [2.05, 4.69) is 15.4 Å². The number of pyridine rings is 1. The summed E-state index contributed by atoms with van der Waals surface area (Å²) >= 11 is 0. The number of nitrogens with one attached hydrogen (secondary N) is 1. The predicted molar refractivity (Wildman–Crippen MR) is 65.8 cm³/mol. The van der Waals surface area contributed by atoms with Crippen LogP contribution in [-0.2, 0) is 13.5 Å². The third-order valence-corrected chi connectivity index (χ3v) is 2.82. The Morgan fingerprint density at radius 1 is 1.35 bits per heavy atom. The van der Waals surface area contributed by atoms with Crippen molar-refractivity contribution < 1.29 is 0 Å². The van der Waals surface area contributed by atoms with Crippen LogP contribution in [0, 0.1) is 0 Å². The van der Waals surface area contributed by atoms with Crippen LogP contribution in [0.5, 0.6) is 0 Å². The van der Waals surface area contributed by atoms with Crippen molar-refractivity contribution in [3.8, 4) is 0 Å². The summed E-state index contributed by atoms with van der Waals surface area (Å²) in [6.45, 7) is 0. The fourth-order valence-corrected chi connectivity index (χ4v) is 1.81. The molecule has 0 saturated heterocycles. The molecule has 0 aromatic carbocycles. The van der Waals surface area contributed by atoms with Crippen LogP contribution in [0.3, 0.4) is 0 Å². The first-order valence-corrected chi connectivity index (χ1v) is 5.64. The lowest BCUT2D eigenvalue weighted by atomic mass is 10.1. The first kappa shape index (κ1) is 11.8. The minimum atomic E-state index is 0.0629. The van der Waals surface area contributed by atoms with Gasteiger partial charge in [0.1, 0.15) is 5.82 Å². The molecule has 17 heavy (non-hydrogen) atoms. The van der Waals surface area contributed by atoms with E-state index in [0.717, 1.165) is 24.4 Å². The SMILES string of the molecule is Cn1ccnc1CCC(NN)c1ccccn1. The zero-order chi connectivity index (χ0) is 12.1. The maximum Gasteiger partial charge on any atom is 0.108 e. The minimum Gasteiger partial charge on any atom is -0.338 e. The number of nitrogens with two attached hydrogens (primary N) is 1. The molecule has 0 fully saturated rings. The number of nitrogens with zero attached hydrogens (tertiary/aromatic N) is 3. The number of aryl methyl sites for hydroxylation is 2. The number of rotatable bonds is 5. The lowest BCUT2D eigenvalue weighted by Gasteiger charge is -2.14. The number of hydrazine groups is 1. The van der Waals surface area contributed by atoms with Crippen LogP contribution < -0.4 is 11.3 Å². The number of hydrogen-bond acceptors (Lipinski definition) is 4. The first-order valence-electron chi connectivity index (χ1n) is 5.64. The molecule has 2 heterocycles. The lowest BCUT2D eigenvalue weighted by Crippen LogP contribution is -2.29. The molecule has 0 radical (unpaired) electrons. The molecule has 0 spiro atoms. The van der Waals surface area contributed by atoms with E-state index in [1.54, 1.807) is 12.4 Å². The normalized spacial score (nSPS) is 12.6. The Balaban J connectivity index is 1.99. The van der Waals surface area contributed by atoms with Gasteiger partial charge in [0.25, 0.3) is 0 Å². The van der Waals surface area contributed by atoms with E-state index >= 15 is 0 Å². The summed E-state index contributed by atoms with van der Waals surface area (Å²) in [7, 11) is 1.99. The van der Waals surface area contributed by atoms with Crippen molar-refractivity contribution in [3.05, 3.63) is 48.3 Å². The fraction of sp³-hybridized carbons (Fsp3) is 0.333. The van der Waals surface area contributed by atoms with Gasteiger partial charge in [-0.2, -0.15) is 0 Å². The Morgan fingerprint density at radius 2 is 2.24 bits per heavy atom. The topological polar surface area (TPSA) is 68.8 Å². The van der Waals surface area contributed by atoms with Gasteiger partial charge in [-0.3, -0.25) is 16.3 Å². The van der Waals surface area contributed by atoms with Crippen molar-refractivity contribution in [3.63, 3.8) is 0 Å². The van der Waals surface area contributed by atoms with Crippen LogP contribution >= 0.6 is 0 Å². The van der Waals surface area contributed by atoms with Gasteiger partial charge in [0.05, 0.1) is 11.7 Å². The van der Waals surface area contributed by atoms with Crippen molar-refractivity contribution >= 4 is 0 Å². The Bertz CT molecular complexity index is 451. The predicted octanol–water partition coefficient (Wildman–Crippen LogP) is 0.952. The molecule has 2 aromatic heterocycles. The Kier molecular flexibility index (Phi) is 3.85. The molecule has 3 N–H and O–H groups in total. The van der Waals surface area contributed by atoms with Crippen molar-refractivity contribution in [1.82, 2.24) is 20.0 Å². The van der Waals surface area contributed by atoms with Crippen molar-refractivity contribution in [2.75, 3.05) is 0 Å². The maximum atomic E-state index is 5.57. The van der Waals surface area contributed by atoms with Gasteiger partial charge in [-0.25, -0.2) is 4.98 Å². The van der Waals surface area contributed by atoms with Crippen LogP contribution in [-0.4, -0.2) is 14.5 Å². The minimum absolute atomic E-state index is 0.0629. The zero-order valence-corrected chi connectivity index (χ0v) is 9.87. The largest absolute Gasteiger partial charge is 0.338 e. The number of hydrogen-bond donors (Lipinski definition) is 2. The van der Waals surface area contributed by atoms with Gasteiger partial charge >= 0.3 is 0 Å². The Hall–Kier alpha value is -1.72. The molecule has 2 rings (SSSR count). The van der Waals surface area contributed by atoms with Crippen LogP contribution in [0.2, 0.25) is 0 Å². The van der Waals surface area contributed by atoms with E-state index < -0.39 is 0 Å². The average Bonchev–Trinajstić information content (AvgIpc) is 2.77. The molecule has 0 aliphatic carbocycles. The molecular formula is C12H17N5. The van der Waals surface area contributed by atoms with Gasteiger partial charge in [0, 0.05) is 32.1 Å². The third kappa shape index (κ3) is 2.89. The molecule has 0 saturated carbocycles. The van der Waals surface area contributed by atoms with Crippen LogP contribution in [0.25, 0.3) is 0 Å². The van der Waals surface area contributed by atoms with Crippen LogP contribution in [0.1, 0.15) is 24.0 Å². The van der Waals surface area contributed by atoms with Gasteiger partial charge in [-0.1, -0.05) is 6.07 Å². The molecule has 5 nitrogen and oxygen atoms in total. The fourth-order valence-electron chi connectivity index (χ4n) is 1.81. The maximum absolute atomic E-state index is 5.57. The Labute approximate surface area is 101 Å². The average molecular weight is 231 g/mol. The summed E-state index contributed by atoms with van der Waals surface area (Å²) in [5.74, 6) is 6.62. The summed E-state index contributed by atoms with van der Waals surface area (Å²) in [6, 6.07) is 5.90. The van der Waals surface area contributed by atoms with Crippen molar-refractivity contribution in [2.45, 2.75) is 18.9 Å². The van der Waals surface area contributed by atoms with Gasteiger partial charge in [0.15, 0.2) is 0 Å². The van der Waals surface area contributed by atoms with E-state index in [1.807, 2.05) is 36.0 Å². The third-order valence-electron chi connectivity index (χ3n) is 2.82. The molecule has 0 aliphatic rings. The standard InChI is InChI=1S/C12H17N5/c1-17-9-8-15-12(17)6-5-11(16-13)10-4-2-3-7-14-10/h2-4,7-9,11,16H,5-6,13H2,1H3. The molecule has 90 valence electrons. The van der Waals surface area contributed by atoms with Crippen molar-refractivity contribution in [2.24, 2.45) is 12.9 Å². The lowest BCUT2D eigenvalue weighted by molar-refractivity contribution is 0.495. The molecule has 1 unspecified atom stereocenters. The number of imidazole rings is 1. The second-order valence-corrected chi connectivity index (χ2v) is 3.97. The van der Waals surface area contributed by atoms with Gasteiger partial charge in [-0.15, -0.1) is 0 Å². The summed E-state index contributed by atoms with van der Waals surface area (Å²) in [5, 5.41) is 0. The van der Waals surface area contributed by atoms with Crippen molar-refractivity contribution in [1.29, 1.82) is 0 Å². The molecule has 1 atom stereocenters. The van der Waals surface area contributed by atoms with E-state index in [1.165, 1.54) is 0 Å². The summed E-state index contributed by atoms with van der Waals surface area (Å²) in [4.78, 5) is 8.59. The highest BCUT2D eigenvalue weighted by molar-refractivity contribution is 5.08. The van der Waals surface area contributed by atoms with Crippen LogP contribution in [0.15, 0.2) is 36.8 Å². The monoisotopic (exact) mass is 231 g/mol. The van der Waals surface area contributed by atoms with Crippen LogP contribution in [0.4, 0.5) is 0 Å². The van der Waals surface area contributed by atoms with Gasteiger partial charge < -0.3 is 4.57 Å². The van der Waals surface area contributed by atoms with Gasteiger partial charge in [-0.05, 0) is 18.6 Å². The highest BCUT2D eigenvalue weighted by atomic mass is 15.2. The quantitative estimate of drug-likeness (QED) is 0.594. The summed E-state index contributed by atoms with van der Waals surface area (Å²) < 4.78 is 2.02. The molecule has 0 amide bonds. The molecule has 5 heteroatoms. The van der Waals surface area contributed by atoms with E-state index in [4.69, 9.17) is 5.84 Å². The smallest absolute Gasteiger partial charge is 0.108 e. The second-order valence-electron chi connectivity index (χ2n) is 3.97. The molecule has 0 aliphatic heterocycles. The highest BCUT2D eigenvalue weighted by Gasteiger charge is 2.11. The molecule has 2 aromatic rings. The molecule has 0 bridgehead atoms. The summed E-state index contributed by atoms with van der Waals surface area (Å²) in [5.41, 5.74) is 3.76. The van der Waals surface area contributed by atoms with Gasteiger partial charge in [0.2, 0.25) is 0 Å². The van der Waals surface area contributed by atoms with E-state index in [0.29, 0.717) is 0 Å². The molecular weight excluding hydrogens is 214 g/mol. The summed E-state index contributed by atoms with van der Waals surface area (Å²) in [6.07, 6.45) is 7.27. The van der Waals surface area contributed by atoms with E-state index in [-0.39, 0.29) is 6.04 Å². The van der Waals surface area contributed by atoms with E-state index in [9.17, 15) is 0 Å².